The fourth-order valence-electron chi connectivity index (χ4n) is 4.34. The zero-order valence-corrected chi connectivity index (χ0v) is 20.0. The highest BCUT2D eigenvalue weighted by atomic mass is 35.5. The summed E-state index contributed by atoms with van der Waals surface area (Å²) in [6.45, 7) is 8.85. The molecule has 8 heteroatoms. The number of nitrogens with zero attached hydrogens (tertiary/aromatic N) is 3. The van der Waals surface area contributed by atoms with Crippen LogP contribution in [-0.4, -0.2) is 27.5 Å². The van der Waals surface area contributed by atoms with Gasteiger partial charge in [-0.2, -0.15) is 13.2 Å². The average molecular weight is 486 g/mol. The normalized spacial score (nSPS) is 16.3. The molecule has 32 heavy (non-hydrogen) atoms. The number of benzene rings is 2. The Labute approximate surface area is 198 Å². The van der Waals surface area contributed by atoms with Crippen molar-refractivity contribution in [2.45, 2.75) is 57.8 Å². The summed E-state index contributed by atoms with van der Waals surface area (Å²) in [6.07, 6.45) is -3.22. The van der Waals surface area contributed by atoms with Crippen LogP contribution in [0.2, 0.25) is 5.02 Å². The summed E-state index contributed by atoms with van der Waals surface area (Å²) in [5, 5.41) is 0.415. The molecule has 0 N–H and O–H groups in total. The molecule has 0 bridgehead atoms. The van der Waals surface area contributed by atoms with Gasteiger partial charge < -0.3 is 4.57 Å². The van der Waals surface area contributed by atoms with E-state index in [1.54, 1.807) is 18.2 Å². The number of halogens is 5. The lowest BCUT2D eigenvalue weighted by atomic mass is 9.86. The first kappa shape index (κ1) is 24.9. The van der Waals surface area contributed by atoms with Crippen LogP contribution >= 0.6 is 24.0 Å². The van der Waals surface area contributed by atoms with Gasteiger partial charge in [0.2, 0.25) is 5.82 Å². The summed E-state index contributed by atoms with van der Waals surface area (Å²) >= 11 is 6.08. The van der Waals surface area contributed by atoms with E-state index in [0.29, 0.717) is 28.9 Å². The van der Waals surface area contributed by atoms with Crippen LogP contribution in [0.5, 0.6) is 0 Å². The van der Waals surface area contributed by atoms with Crippen LogP contribution in [0.15, 0.2) is 42.5 Å². The van der Waals surface area contributed by atoms with E-state index in [1.807, 2.05) is 0 Å². The lowest BCUT2D eigenvalue weighted by Gasteiger charge is -2.34. The molecule has 0 amide bonds. The minimum atomic E-state index is -4.50. The summed E-state index contributed by atoms with van der Waals surface area (Å²) in [5.41, 5.74) is 3.42. The number of alkyl halides is 3. The third-order valence-electron chi connectivity index (χ3n) is 6.05. The van der Waals surface area contributed by atoms with Gasteiger partial charge in [0, 0.05) is 30.7 Å². The van der Waals surface area contributed by atoms with E-state index in [1.165, 1.54) is 15.7 Å². The van der Waals surface area contributed by atoms with Gasteiger partial charge in [-0.1, -0.05) is 56.6 Å². The Balaban J connectivity index is 0.00000289. The van der Waals surface area contributed by atoms with Crippen LogP contribution in [0.25, 0.3) is 11.0 Å². The fourth-order valence-corrected chi connectivity index (χ4v) is 4.51. The second kappa shape index (κ2) is 9.24. The first-order valence-electron chi connectivity index (χ1n) is 10.6. The fraction of sp³-hybridized carbons (Fsp3) is 0.458. The Morgan fingerprint density at radius 1 is 1.00 bits per heavy atom. The van der Waals surface area contributed by atoms with Crippen molar-refractivity contribution in [1.82, 2.24) is 14.5 Å². The Hall–Kier alpha value is -1.76. The van der Waals surface area contributed by atoms with Gasteiger partial charge >= 0.3 is 6.18 Å². The average Bonchev–Trinajstić information content (AvgIpc) is 3.07. The van der Waals surface area contributed by atoms with Crippen molar-refractivity contribution in [3.63, 3.8) is 0 Å². The first-order valence-corrected chi connectivity index (χ1v) is 11.0. The minimum absolute atomic E-state index is 0. The molecule has 0 radical (unpaired) electrons. The van der Waals surface area contributed by atoms with Crippen molar-refractivity contribution in [1.29, 1.82) is 0 Å². The molecular weight excluding hydrogens is 458 g/mol. The van der Waals surface area contributed by atoms with Crippen LogP contribution in [0.1, 0.15) is 56.6 Å². The molecule has 1 aliphatic rings. The van der Waals surface area contributed by atoms with Crippen LogP contribution in [0.3, 0.4) is 0 Å². The lowest BCUT2D eigenvalue weighted by Crippen LogP contribution is -2.35. The van der Waals surface area contributed by atoms with Crippen molar-refractivity contribution < 1.29 is 13.2 Å². The lowest BCUT2D eigenvalue weighted by molar-refractivity contribution is -0.148. The first-order chi connectivity index (χ1) is 14.5. The number of hydrogen-bond donors (Lipinski definition) is 0. The Kier molecular flexibility index (Phi) is 7.18. The van der Waals surface area contributed by atoms with Crippen molar-refractivity contribution in [2.24, 2.45) is 0 Å². The molecule has 2 aromatic carbocycles. The monoisotopic (exact) mass is 485 g/mol. The third-order valence-corrected chi connectivity index (χ3v) is 6.29. The van der Waals surface area contributed by atoms with Gasteiger partial charge in [-0.15, -0.1) is 12.4 Å². The van der Waals surface area contributed by atoms with Crippen molar-refractivity contribution >= 4 is 35.0 Å². The second-order valence-corrected chi connectivity index (χ2v) is 9.83. The van der Waals surface area contributed by atoms with Crippen LogP contribution in [-0.2, 0) is 18.1 Å². The summed E-state index contributed by atoms with van der Waals surface area (Å²) in [5.74, 6) is -0.832. The van der Waals surface area contributed by atoms with Gasteiger partial charge in [-0.25, -0.2) is 4.98 Å². The molecule has 4 rings (SSSR count). The zero-order chi connectivity index (χ0) is 22.4. The summed E-state index contributed by atoms with van der Waals surface area (Å²) in [6, 6.07) is 13.1. The number of piperidine rings is 1. The summed E-state index contributed by atoms with van der Waals surface area (Å²) < 4.78 is 42.4. The van der Waals surface area contributed by atoms with Crippen molar-refractivity contribution in [2.75, 3.05) is 13.1 Å². The molecule has 0 spiro atoms. The smallest absolute Gasteiger partial charge is 0.317 e. The number of likely N-dealkylation sites (tertiary alicyclic amines) is 1. The van der Waals surface area contributed by atoms with Crippen LogP contribution < -0.4 is 0 Å². The van der Waals surface area contributed by atoms with Gasteiger partial charge in [-0.05, 0) is 47.6 Å². The third kappa shape index (κ3) is 5.24. The molecule has 0 unspecified atom stereocenters. The molecule has 0 atom stereocenters. The molecule has 1 saturated heterocycles. The van der Waals surface area contributed by atoms with E-state index in [4.69, 9.17) is 11.6 Å². The summed E-state index contributed by atoms with van der Waals surface area (Å²) in [7, 11) is 0. The molecule has 1 aliphatic heterocycles. The van der Waals surface area contributed by atoms with E-state index < -0.39 is 12.0 Å². The standard InChI is InChI=1S/C24H27ClF3N3.ClH/c1-23(2,3)17-6-4-16(5-7-17)15-30-12-10-19(11-13-30)31-21-14-18(25)8-9-20(21)29-22(31)24(26,27)28;/h4-9,14,19H,10-13,15H2,1-3H3;1H. The maximum atomic E-state index is 13.7. The van der Waals surface area contributed by atoms with E-state index in [0.717, 1.165) is 19.6 Å². The molecule has 0 saturated carbocycles. The van der Waals surface area contributed by atoms with Gasteiger partial charge in [0.15, 0.2) is 0 Å². The number of hydrogen-bond acceptors (Lipinski definition) is 2. The van der Waals surface area contributed by atoms with Gasteiger partial charge in [-0.3, -0.25) is 4.90 Å². The Morgan fingerprint density at radius 2 is 1.62 bits per heavy atom. The van der Waals surface area contributed by atoms with Crippen LogP contribution in [0, 0.1) is 0 Å². The molecule has 3 aromatic rings. The molecule has 1 aromatic heterocycles. The zero-order valence-electron chi connectivity index (χ0n) is 18.4. The second-order valence-electron chi connectivity index (χ2n) is 9.39. The van der Waals surface area contributed by atoms with Crippen molar-refractivity contribution in [3.05, 3.63) is 64.4 Å². The number of rotatable bonds is 3. The van der Waals surface area contributed by atoms with Gasteiger partial charge in [0.25, 0.3) is 0 Å². The van der Waals surface area contributed by atoms with E-state index in [2.05, 4.69) is 54.9 Å². The topological polar surface area (TPSA) is 21.1 Å². The van der Waals surface area contributed by atoms with Gasteiger partial charge in [0.1, 0.15) is 0 Å². The molecule has 174 valence electrons. The van der Waals surface area contributed by atoms with Crippen molar-refractivity contribution in [3.8, 4) is 0 Å². The largest absolute Gasteiger partial charge is 0.449 e. The maximum absolute atomic E-state index is 13.7. The molecule has 0 aliphatic carbocycles. The predicted molar refractivity (Wildman–Crippen MR) is 126 cm³/mol. The number of aromatic nitrogens is 2. The molecular formula is C24H28Cl2F3N3. The summed E-state index contributed by atoms with van der Waals surface area (Å²) in [4.78, 5) is 6.19. The Morgan fingerprint density at radius 3 is 2.19 bits per heavy atom. The SMILES string of the molecule is CC(C)(C)c1ccc(CN2CCC(n3c(C(F)(F)F)nc4ccc(Cl)cc43)CC2)cc1.Cl. The quantitative estimate of drug-likeness (QED) is 0.388. The van der Waals surface area contributed by atoms with E-state index in [-0.39, 0.29) is 23.9 Å². The highest BCUT2D eigenvalue weighted by Gasteiger charge is 2.40. The van der Waals surface area contributed by atoms with E-state index >= 15 is 0 Å². The Bertz CT molecular complexity index is 1060. The molecule has 1 fully saturated rings. The molecule has 2 heterocycles. The maximum Gasteiger partial charge on any atom is 0.449 e. The van der Waals surface area contributed by atoms with Crippen LogP contribution in [0.4, 0.5) is 13.2 Å². The highest BCUT2D eigenvalue weighted by Crippen LogP contribution is 2.37. The van der Waals surface area contributed by atoms with Gasteiger partial charge in [0.05, 0.1) is 11.0 Å². The minimum Gasteiger partial charge on any atom is -0.317 e. The predicted octanol–water partition coefficient (Wildman–Crippen LogP) is 7.26. The number of fused-ring (bicyclic) bond motifs is 1. The number of imidazole rings is 1. The van der Waals surface area contributed by atoms with E-state index in [9.17, 15) is 13.2 Å². The molecule has 3 nitrogen and oxygen atoms in total. The highest BCUT2D eigenvalue weighted by molar-refractivity contribution is 6.31.